The van der Waals surface area contributed by atoms with Gasteiger partial charge in [-0.15, -0.1) is 0 Å². The molecule has 0 N–H and O–H groups in total. The maximum absolute atomic E-state index is 6.51. The number of hydrogen-bond acceptors (Lipinski definition) is 5. The third kappa shape index (κ3) is 4.52. The smallest absolute Gasteiger partial charge is 0.179 e. The number of benzene rings is 1. The van der Waals surface area contributed by atoms with Crippen LogP contribution >= 0.6 is 23.2 Å². The first-order valence-electron chi connectivity index (χ1n) is 12.5. The molecule has 0 bridgehead atoms. The molecule has 3 aromatic rings. The number of piperidine rings is 2. The predicted molar refractivity (Wildman–Crippen MR) is 140 cm³/mol. The van der Waals surface area contributed by atoms with E-state index >= 15 is 0 Å². The summed E-state index contributed by atoms with van der Waals surface area (Å²) in [4.78, 5) is 15.0. The number of nitrogens with zero attached hydrogens (tertiary/aromatic N) is 6. The van der Waals surface area contributed by atoms with Crippen LogP contribution in [0.3, 0.4) is 0 Å². The highest BCUT2D eigenvalue weighted by Crippen LogP contribution is 2.32. The molecule has 4 heterocycles. The summed E-state index contributed by atoms with van der Waals surface area (Å²) in [6.45, 7) is 13.3. The van der Waals surface area contributed by atoms with Crippen LogP contribution in [0.25, 0.3) is 11.2 Å². The van der Waals surface area contributed by atoms with Crippen molar-refractivity contribution in [3.05, 3.63) is 45.7 Å². The zero-order valence-electron chi connectivity index (χ0n) is 20.5. The topological polar surface area (TPSA) is 50.1 Å². The molecule has 1 aromatic carbocycles. The van der Waals surface area contributed by atoms with Crippen molar-refractivity contribution in [2.75, 3.05) is 31.1 Å². The third-order valence-electron chi connectivity index (χ3n) is 7.68. The maximum Gasteiger partial charge on any atom is 0.179 e. The SMILES string of the molecule is Cc1nn(C(C)c2ccc(Cl)cc2Cl)c2nc(N3CCC(N4CCCC(C)C4)C(C)C3)cnc12. The van der Waals surface area contributed by atoms with Crippen molar-refractivity contribution < 1.29 is 0 Å². The zero-order chi connectivity index (χ0) is 24.0. The Labute approximate surface area is 212 Å². The molecule has 4 unspecified atom stereocenters. The number of likely N-dealkylation sites (tertiary alicyclic amines) is 1. The van der Waals surface area contributed by atoms with Crippen LogP contribution in [0.4, 0.5) is 5.82 Å². The first kappa shape index (κ1) is 23.8. The van der Waals surface area contributed by atoms with Crippen LogP contribution in [0.15, 0.2) is 24.4 Å². The van der Waals surface area contributed by atoms with Crippen molar-refractivity contribution in [1.29, 1.82) is 0 Å². The van der Waals surface area contributed by atoms with Crippen LogP contribution in [0.1, 0.15) is 57.3 Å². The van der Waals surface area contributed by atoms with Crippen LogP contribution in [0.2, 0.25) is 10.0 Å². The molecule has 0 aliphatic carbocycles. The minimum absolute atomic E-state index is 0.0868. The monoisotopic (exact) mass is 500 g/mol. The van der Waals surface area contributed by atoms with Crippen LogP contribution in [-0.4, -0.2) is 56.9 Å². The summed E-state index contributed by atoms with van der Waals surface area (Å²) < 4.78 is 1.95. The van der Waals surface area contributed by atoms with Crippen LogP contribution in [-0.2, 0) is 0 Å². The van der Waals surface area contributed by atoms with Gasteiger partial charge in [0.25, 0.3) is 0 Å². The van der Waals surface area contributed by atoms with Gasteiger partial charge < -0.3 is 4.90 Å². The second-order valence-corrected chi connectivity index (χ2v) is 11.1. The number of fused-ring (bicyclic) bond motifs is 1. The number of anilines is 1. The van der Waals surface area contributed by atoms with Gasteiger partial charge in [-0.25, -0.2) is 14.6 Å². The van der Waals surface area contributed by atoms with E-state index in [0.717, 1.165) is 47.2 Å². The quantitative estimate of drug-likeness (QED) is 0.439. The van der Waals surface area contributed by atoms with Crippen molar-refractivity contribution in [1.82, 2.24) is 24.6 Å². The number of aryl methyl sites for hydroxylation is 1. The maximum atomic E-state index is 6.51. The largest absolute Gasteiger partial charge is 0.355 e. The molecule has 34 heavy (non-hydrogen) atoms. The van der Waals surface area contributed by atoms with Crippen molar-refractivity contribution in [3.63, 3.8) is 0 Å². The van der Waals surface area contributed by atoms with Crippen LogP contribution < -0.4 is 4.90 Å². The molecule has 6 nitrogen and oxygen atoms in total. The Kier molecular flexibility index (Phi) is 6.75. The van der Waals surface area contributed by atoms with Gasteiger partial charge in [0.1, 0.15) is 11.3 Å². The molecule has 0 amide bonds. The Morgan fingerprint density at radius 1 is 1.09 bits per heavy atom. The number of halogens is 2. The molecule has 5 rings (SSSR count). The van der Waals surface area contributed by atoms with Crippen molar-refractivity contribution >= 4 is 40.2 Å². The Balaban J connectivity index is 1.40. The van der Waals surface area contributed by atoms with E-state index in [9.17, 15) is 0 Å². The lowest BCUT2D eigenvalue weighted by molar-refractivity contribution is 0.0834. The molecule has 0 spiro atoms. The molecule has 2 aromatic heterocycles. The minimum Gasteiger partial charge on any atom is -0.355 e. The summed E-state index contributed by atoms with van der Waals surface area (Å²) in [6, 6.07) is 6.18. The van der Waals surface area contributed by atoms with E-state index in [2.05, 4.69) is 30.6 Å². The molecule has 2 aliphatic heterocycles. The second-order valence-electron chi connectivity index (χ2n) is 10.3. The summed E-state index contributed by atoms with van der Waals surface area (Å²) in [7, 11) is 0. The standard InChI is InChI=1S/C26H34Cl2N6/c1-16-6-5-10-32(14-16)23-9-11-33(15-17(23)2)24-13-29-25-18(3)31-34(26(25)30-24)19(4)21-8-7-20(27)12-22(21)28/h7-8,12-13,16-17,19,23H,5-6,9-11,14-15H2,1-4H3. The molecule has 0 radical (unpaired) electrons. The summed E-state index contributed by atoms with van der Waals surface area (Å²) in [5.41, 5.74) is 3.48. The minimum atomic E-state index is -0.0868. The summed E-state index contributed by atoms with van der Waals surface area (Å²) in [5, 5.41) is 6.04. The number of hydrogen-bond donors (Lipinski definition) is 0. The molecule has 2 aliphatic rings. The van der Waals surface area contributed by atoms with Gasteiger partial charge in [-0.1, -0.05) is 43.1 Å². The van der Waals surface area contributed by atoms with Crippen molar-refractivity contribution in [2.24, 2.45) is 11.8 Å². The molecule has 182 valence electrons. The molecule has 8 heteroatoms. The van der Waals surface area contributed by atoms with Gasteiger partial charge in [-0.05, 0) is 69.2 Å². The highest BCUT2D eigenvalue weighted by molar-refractivity contribution is 6.35. The van der Waals surface area contributed by atoms with Crippen molar-refractivity contribution in [3.8, 4) is 0 Å². The Morgan fingerprint density at radius 2 is 1.91 bits per heavy atom. The van der Waals surface area contributed by atoms with E-state index in [1.54, 1.807) is 6.07 Å². The first-order valence-corrected chi connectivity index (χ1v) is 13.2. The van der Waals surface area contributed by atoms with Crippen molar-refractivity contribution in [2.45, 2.75) is 59.0 Å². The second kappa shape index (κ2) is 9.63. The number of rotatable bonds is 4. The summed E-state index contributed by atoms with van der Waals surface area (Å²) in [6.07, 6.45) is 5.78. The van der Waals surface area contributed by atoms with Gasteiger partial charge in [0.2, 0.25) is 0 Å². The van der Waals surface area contributed by atoms with E-state index in [-0.39, 0.29) is 6.04 Å². The normalized spacial score (nSPS) is 25.1. The fourth-order valence-corrected chi connectivity index (χ4v) is 6.41. The highest BCUT2D eigenvalue weighted by atomic mass is 35.5. The molecular weight excluding hydrogens is 467 g/mol. The van der Waals surface area contributed by atoms with E-state index in [0.29, 0.717) is 22.0 Å². The van der Waals surface area contributed by atoms with E-state index in [4.69, 9.17) is 38.3 Å². The molecule has 0 saturated carbocycles. The van der Waals surface area contributed by atoms with Gasteiger partial charge in [0.05, 0.1) is 17.9 Å². The zero-order valence-corrected chi connectivity index (χ0v) is 22.0. The van der Waals surface area contributed by atoms with Gasteiger partial charge in [0, 0.05) is 35.7 Å². The highest BCUT2D eigenvalue weighted by Gasteiger charge is 2.33. The lowest BCUT2D eigenvalue weighted by Gasteiger charge is -2.45. The van der Waals surface area contributed by atoms with Crippen LogP contribution in [0, 0.1) is 18.8 Å². The average Bonchev–Trinajstić information content (AvgIpc) is 3.14. The third-order valence-corrected chi connectivity index (χ3v) is 8.24. The Bertz CT molecular complexity index is 1180. The van der Waals surface area contributed by atoms with Gasteiger partial charge >= 0.3 is 0 Å². The van der Waals surface area contributed by atoms with E-state index < -0.39 is 0 Å². The van der Waals surface area contributed by atoms with Crippen LogP contribution in [0.5, 0.6) is 0 Å². The summed E-state index contributed by atoms with van der Waals surface area (Å²) >= 11 is 12.6. The molecule has 4 atom stereocenters. The number of aromatic nitrogens is 4. The molecule has 2 saturated heterocycles. The lowest BCUT2D eigenvalue weighted by atomic mass is 9.89. The Hall–Kier alpha value is -1.89. The Morgan fingerprint density at radius 3 is 2.65 bits per heavy atom. The fraction of sp³-hybridized carbons (Fsp3) is 0.577. The molecular formula is C26H34Cl2N6. The lowest BCUT2D eigenvalue weighted by Crippen LogP contribution is -2.52. The first-order chi connectivity index (χ1) is 16.3. The summed E-state index contributed by atoms with van der Waals surface area (Å²) in [5.74, 6) is 2.34. The van der Waals surface area contributed by atoms with Gasteiger partial charge in [0.15, 0.2) is 5.65 Å². The average molecular weight is 502 g/mol. The van der Waals surface area contributed by atoms with Gasteiger partial charge in [-0.2, -0.15) is 5.10 Å². The van der Waals surface area contributed by atoms with E-state index in [1.165, 1.54) is 32.4 Å². The molecule has 2 fully saturated rings. The predicted octanol–water partition coefficient (Wildman–Crippen LogP) is 6.00. The fourth-order valence-electron chi connectivity index (χ4n) is 5.85. The van der Waals surface area contributed by atoms with Gasteiger partial charge in [-0.3, -0.25) is 4.90 Å². The van der Waals surface area contributed by atoms with E-state index in [1.807, 2.05) is 29.9 Å².